The molecule has 2 aromatic rings. The van der Waals surface area contributed by atoms with Gasteiger partial charge in [0.1, 0.15) is 5.76 Å². The maximum atomic E-state index is 11.2. The van der Waals surface area contributed by atoms with Crippen LogP contribution in [0.1, 0.15) is 16.1 Å². The number of nitrogens with two attached hydrogens (primary N) is 2. The number of hydrogen-bond donors (Lipinski definition) is 2. The molecule has 0 saturated carbocycles. The van der Waals surface area contributed by atoms with Gasteiger partial charge in [-0.25, -0.2) is 0 Å². The smallest absolute Gasteiger partial charge is 0.250 e. The highest BCUT2D eigenvalue weighted by atomic mass is 79.9. The van der Waals surface area contributed by atoms with Crippen LogP contribution in [0, 0.1) is 0 Å². The maximum absolute atomic E-state index is 11.2. The Kier molecular flexibility index (Phi) is 3.98. The van der Waals surface area contributed by atoms with E-state index in [0.717, 1.165) is 15.1 Å². The Hall–Kier alpha value is -1.40. The van der Waals surface area contributed by atoms with Gasteiger partial charge in [0.15, 0.2) is 0 Å². The van der Waals surface area contributed by atoms with E-state index in [1.165, 1.54) is 0 Å². The first-order valence-corrected chi connectivity index (χ1v) is 6.90. The van der Waals surface area contributed by atoms with Crippen molar-refractivity contribution in [3.63, 3.8) is 0 Å². The average Bonchev–Trinajstić information content (AvgIpc) is 2.80. The van der Waals surface area contributed by atoms with Crippen molar-refractivity contribution in [1.29, 1.82) is 0 Å². The second-order valence-corrected chi connectivity index (χ2v) is 5.47. The fraction of sp³-hybridized carbons (Fsp3) is 0.0833. The lowest BCUT2D eigenvalue weighted by atomic mass is 10.2. The Labute approximate surface area is 117 Å². The molecule has 1 aromatic heterocycles. The van der Waals surface area contributed by atoms with Crippen LogP contribution in [0.25, 0.3) is 0 Å². The van der Waals surface area contributed by atoms with Crippen LogP contribution >= 0.6 is 27.7 Å². The lowest BCUT2D eigenvalue weighted by molar-refractivity contribution is 0.100. The van der Waals surface area contributed by atoms with E-state index in [9.17, 15) is 4.79 Å². The molecule has 0 unspecified atom stereocenters. The van der Waals surface area contributed by atoms with Gasteiger partial charge in [-0.2, -0.15) is 0 Å². The van der Waals surface area contributed by atoms with Crippen molar-refractivity contribution < 1.29 is 9.21 Å². The highest BCUT2D eigenvalue weighted by Crippen LogP contribution is 2.33. The zero-order chi connectivity index (χ0) is 13.1. The molecular formula is C12H11BrN2O2S. The number of amides is 1. The van der Waals surface area contributed by atoms with Crippen molar-refractivity contribution in [3.8, 4) is 0 Å². The van der Waals surface area contributed by atoms with Crippen LogP contribution in [-0.4, -0.2) is 5.91 Å². The molecule has 0 saturated heterocycles. The van der Waals surface area contributed by atoms with Gasteiger partial charge in [0.05, 0.1) is 17.6 Å². The van der Waals surface area contributed by atoms with Gasteiger partial charge in [0, 0.05) is 15.1 Å². The van der Waals surface area contributed by atoms with E-state index in [0.29, 0.717) is 17.0 Å². The summed E-state index contributed by atoms with van der Waals surface area (Å²) in [7, 11) is 0. The van der Waals surface area contributed by atoms with E-state index in [1.54, 1.807) is 30.2 Å². The number of hydrogen-bond acceptors (Lipinski definition) is 4. The van der Waals surface area contributed by atoms with E-state index < -0.39 is 5.91 Å². The minimum Gasteiger partial charge on any atom is -0.468 e. The van der Waals surface area contributed by atoms with Gasteiger partial charge in [-0.1, -0.05) is 0 Å². The van der Waals surface area contributed by atoms with Crippen molar-refractivity contribution in [2.24, 2.45) is 5.73 Å². The molecule has 0 aliphatic carbocycles. The molecule has 1 amide bonds. The van der Waals surface area contributed by atoms with Crippen molar-refractivity contribution in [3.05, 3.63) is 46.3 Å². The van der Waals surface area contributed by atoms with E-state index >= 15 is 0 Å². The number of benzene rings is 1. The number of carbonyl (C=O) groups is 1. The van der Waals surface area contributed by atoms with E-state index in [1.807, 2.05) is 12.1 Å². The summed E-state index contributed by atoms with van der Waals surface area (Å²) in [5, 5.41) is 0. The summed E-state index contributed by atoms with van der Waals surface area (Å²) in [6, 6.07) is 7.11. The van der Waals surface area contributed by atoms with Gasteiger partial charge >= 0.3 is 0 Å². The topological polar surface area (TPSA) is 82.2 Å². The van der Waals surface area contributed by atoms with Crippen molar-refractivity contribution in [2.75, 3.05) is 5.73 Å². The van der Waals surface area contributed by atoms with Crippen molar-refractivity contribution in [2.45, 2.75) is 10.6 Å². The molecule has 0 fully saturated rings. The zero-order valence-corrected chi connectivity index (χ0v) is 11.8. The first-order valence-electron chi connectivity index (χ1n) is 5.12. The van der Waals surface area contributed by atoms with E-state index in [4.69, 9.17) is 15.9 Å². The fourth-order valence-electron chi connectivity index (χ4n) is 1.44. The maximum Gasteiger partial charge on any atom is 0.250 e. The monoisotopic (exact) mass is 326 g/mol. The molecule has 0 atom stereocenters. The number of nitrogen functional groups attached to an aromatic ring is 1. The molecule has 0 aliphatic heterocycles. The SMILES string of the molecule is NC(=O)c1cc(SCc2ccco2)c(Br)cc1N. The number of primary amides is 1. The molecule has 1 heterocycles. The molecule has 4 nitrogen and oxygen atoms in total. The second-order valence-electron chi connectivity index (χ2n) is 3.60. The second kappa shape index (κ2) is 5.49. The van der Waals surface area contributed by atoms with Gasteiger partial charge in [-0.05, 0) is 40.2 Å². The Morgan fingerprint density at radius 3 is 2.83 bits per heavy atom. The third-order valence-electron chi connectivity index (χ3n) is 2.32. The molecule has 1 aromatic carbocycles. The van der Waals surface area contributed by atoms with E-state index in [2.05, 4.69) is 15.9 Å². The average molecular weight is 327 g/mol. The minimum atomic E-state index is -0.528. The van der Waals surface area contributed by atoms with Gasteiger partial charge < -0.3 is 15.9 Å². The third kappa shape index (κ3) is 2.88. The molecule has 4 N–H and O–H groups in total. The number of anilines is 1. The molecular weight excluding hydrogens is 316 g/mol. The minimum absolute atomic E-state index is 0.333. The van der Waals surface area contributed by atoms with Crippen LogP contribution in [0.3, 0.4) is 0 Å². The van der Waals surface area contributed by atoms with Gasteiger partial charge in [0.2, 0.25) is 0 Å². The standard InChI is InChI=1S/C12H11BrN2O2S/c13-9-5-10(14)8(12(15)16)4-11(9)18-6-7-2-1-3-17-7/h1-5H,6,14H2,(H2,15,16). The molecule has 0 spiro atoms. The number of carbonyl (C=O) groups excluding carboxylic acids is 1. The number of rotatable bonds is 4. The Morgan fingerprint density at radius 1 is 1.44 bits per heavy atom. The molecule has 0 bridgehead atoms. The quantitative estimate of drug-likeness (QED) is 0.668. The lowest BCUT2D eigenvalue weighted by Gasteiger charge is -2.08. The summed E-state index contributed by atoms with van der Waals surface area (Å²) < 4.78 is 6.08. The van der Waals surface area contributed by atoms with Crippen LogP contribution in [0.2, 0.25) is 0 Å². The summed E-state index contributed by atoms with van der Waals surface area (Å²) in [5.41, 5.74) is 11.7. The largest absolute Gasteiger partial charge is 0.468 e. The highest BCUT2D eigenvalue weighted by molar-refractivity contribution is 9.10. The number of thioether (sulfide) groups is 1. The lowest BCUT2D eigenvalue weighted by Crippen LogP contribution is -2.13. The van der Waals surface area contributed by atoms with Crippen LogP contribution in [0.15, 0.2) is 44.3 Å². The predicted octanol–water partition coefficient (Wildman–Crippen LogP) is 3.02. The highest BCUT2D eigenvalue weighted by Gasteiger charge is 2.11. The van der Waals surface area contributed by atoms with Crippen LogP contribution in [-0.2, 0) is 5.75 Å². The fourth-order valence-corrected chi connectivity index (χ4v) is 3.00. The summed E-state index contributed by atoms with van der Waals surface area (Å²) in [6.45, 7) is 0. The molecule has 6 heteroatoms. The van der Waals surface area contributed by atoms with Gasteiger partial charge in [0.25, 0.3) is 5.91 Å². The third-order valence-corrected chi connectivity index (χ3v) is 4.32. The molecule has 2 rings (SSSR count). The Balaban J connectivity index is 2.22. The van der Waals surface area contributed by atoms with Crippen LogP contribution < -0.4 is 11.5 Å². The zero-order valence-electron chi connectivity index (χ0n) is 9.35. The molecule has 0 radical (unpaired) electrons. The van der Waals surface area contributed by atoms with Gasteiger partial charge in [-0.15, -0.1) is 11.8 Å². The summed E-state index contributed by atoms with van der Waals surface area (Å²) >= 11 is 4.95. The molecule has 18 heavy (non-hydrogen) atoms. The summed E-state index contributed by atoms with van der Waals surface area (Å²) in [4.78, 5) is 12.1. The van der Waals surface area contributed by atoms with Crippen molar-refractivity contribution >= 4 is 39.3 Å². The van der Waals surface area contributed by atoms with Crippen LogP contribution in [0.5, 0.6) is 0 Å². The summed E-state index contributed by atoms with van der Waals surface area (Å²) in [6.07, 6.45) is 1.63. The number of furan rings is 1. The van der Waals surface area contributed by atoms with Crippen LogP contribution in [0.4, 0.5) is 5.69 Å². The first kappa shape index (κ1) is 13.0. The summed E-state index contributed by atoms with van der Waals surface area (Å²) in [5.74, 6) is 1.01. The van der Waals surface area contributed by atoms with Gasteiger partial charge in [-0.3, -0.25) is 4.79 Å². The normalized spacial score (nSPS) is 10.5. The first-order chi connectivity index (χ1) is 8.58. The van der Waals surface area contributed by atoms with E-state index in [-0.39, 0.29) is 0 Å². The predicted molar refractivity (Wildman–Crippen MR) is 75.3 cm³/mol. The Bertz CT molecular complexity index is 570. The van der Waals surface area contributed by atoms with Crippen molar-refractivity contribution in [1.82, 2.24) is 0 Å². The molecule has 94 valence electrons. The number of halogens is 1. The molecule has 0 aliphatic rings. The Morgan fingerprint density at radius 2 is 2.22 bits per heavy atom.